The minimum Gasteiger partial charge on any atom is -0.444 e. The van der Waals surface area contributed by atoms with Crippen molar-refractivity contribution in [2.45, 2.75) is 39.3 Å². The Hall–Kier alpha value is -2.94. The van der Waals surface area contributed by atoms with Crippen molar-refractivity contribution in [2.75, 3.05) is 18.4 Å². The molecule has 1 aromatic heterocycles. The van der Waals surface area contributed by atoms with Crippen molar-refractivity contribution in [1.82, 2.24) is 15.2 Å². The number of fused-ring (bicyclic) bond motifs is 1. The van der Waals surface area contributed by atoms with Crippen molar-refractivity contribution in [3.8, 4) is 0 Å². The van der Waals surface area contributed by atoms with E-state index in [9.17, 15) is 14.4 Å². The van der Waals surface area contributed by atoms with Crippen LogP contribution in [0, 0.1) is 0 Å². The fraction of sp³-hybridized carbons (Fsp3) is 0.400. The number of ether oxygens (including phenoxy) is 1. The molecule has 0 atom stereocenters. The number of hydrogen-bond acceptors (Lipinski definition) is 6. The van der Waals surface area contributed by atoms with Crippen LogP contribution in [0.5, 0.6) is 0 Å². The Morgan fingerprint density at radius 3 is 2.62 bits per heavy atom. The molecule has 3 rings (SSSR count). The van der Waals surface area contributed by atoms with Crippen LogP contribution in [0.1, 0.15) is 41.7 Å². The molecule has 0 radical (unpaired) electrons. The van der Waals surface area contributed by atoms with E-state index in [-0.39, 0.29) is 24.5 Å². The quantitative estimate of drug-likeness (QED) is 0.798. The van der Waals surface area contributed by atoms with Gasteiger partial charge < -0.3 is 20.3 Å². The summed E-state index contributed by atoms with van der Waals surface area (Å²) >= 11 is 1.33. The standard InChI is InChI=1S/C20H24N4O4S/c1-20(2,3)28-19(27)24-10-9-14-15(12-24)29-18(22-14)23-16(25)11-21-17(26)13-7-5-4-6-8-13/h4-8H,9-12H2,1-3H3,(H,21,26)(H,22,23,25). The number of nitrogens with zero attached hydrogens (tertiary/aromatic N) is 2. The van der Waals surface area contributed by atoms with Crippen LogP contribution in [0.4, 0.5) is 9.93 Å². The molecule has 0 aliphatic carbocycles. The second kappa shape index (κ2) is 8.60. The largest absolute Gasteiger partial charge is 0.444 e. The van der Waals surface area contributed by atoms with E-state index in [4.69, 9.17) is 4.74 Å². The van der Waals surface area contributed by atoms with Crippen LogP contribution in [-0.2, 0) is 22.5 Å². The molecule has 1 aliphatic heterocycles. The van der Waals surface area contributed by atoms with Gasteiger partial charge in [0, 0.05) is 23.4 Å². The summed E-state index contributed by atoms with van der Waals surface area (Å²) in [6.07, 6.45) is 0.247. The van der Waals surface area contributed by atoms with Crippen LogP contribution in [0.15, 0.2) is 30.3 Å². The van der Waals surface area contributed by atoms with E-state index in [1.54, 1.807) is 29.2 Å². The van der Waals surface area contributed by atoms with Crippen LogP contribution in [0.25, 0.3) is 0 Å². The molecule has 0 saturated carbocycles. The molecule has 2 aromatic rings. The summed E-state index contributed by atoms with van der Waals surface area (Å²) in [5.41, 5.74) is 0.819. The van der Waals surface area contributed by atoms with Crippen LogP contribution < -0.4 is 10.6 Å². The van der Waals surface area contributed by atoms with Gasteiger partial charge in [0.05, 0.1) is 18.8 Å². The lowest BCUT2D eigenvalue weighted by atomic mass is 10.2. The van der Waals surface area contributed by atoms with Crippen molar-refractivity contribution in [2.24, 2.45) is 0 Å². The topological polar surface area (TPSA) is 101 Å². The van der Waals surface area contributed by atoms with Crippen molar-refractivity contribution in [3.63, 3.8) is 0 Å². The number of rotatable bonds is 4. The molecule has 8 nitrogen and oxygen atoms in total. The molecule has 0 saturated heterocycles. The smallest absolute Gasteiger partial charge is 0.410 e. The molecular weight excluding hydrogens is 392 g/mol. The molecule has 29 heavy (non-hydrogen) atoms. The minimum absolute atomic E-state index is 0.151. The Labute approximate surface area is 173 Å². The van der Waals surface area contributed by atoms with Crippen LogP contribution in [0.2, 0.25) is 0 Å². The fourth-order valence-electron chi connectivity index (χ4n) is 2.75. The van der Waals surface area contributed by atoms with Crippen molar-refractivity contribution >= 4 is 34.4 Å². The van der Waals surface area contributed by atoms with Gasteiger partial charge in [-0.1, -0.05) is 29.5 Å². The van der Waals surface area contributed by atoms with Gasteiger partial charge in [-0.15, -0.1) is 0 Å². The maximum Gasteiger partial charge on any atom is 0.410 e. The first-order valence-electron chi connectivity index (χ1n) is 9.31. The number of hydrogen-bond donors (Lipinski definition) is 2. The van der Waals surface area contributed by atoms with E-state index in [0.29, 0.717) is 30.2 Å². The summed E-state index contributed by atoms with van der Waals surface area (Å²) in [7, 11) is 0. The van der Waals surface area contributed by atoms with Gasteiger partial charge in [-0.05, 0) is 32.9 Å². The summed E-state index contributed by atoms with van der Waals surface area (Å²) < 4.78 is 5.42. The predicted molar refractivity (Wildman–Crippen MR) is 110 cm³/mol. The Balaban J connectivity index is 1.53. The highest BCUT2D eigenvalue weighted by Gasteiger charge is 2.28. The van der Waals surface area contributed by atoms with Gasteiger partial charge in [0.15, 0.2) is 5.13 Å². The molecule has 9 heteroatoms. The number of nitrogens with one attached hydrogen (secondary N) is 2. The van der Waals surface area contributed by atoms with Gasteiger partial charge in [0.2, 0.25) is 5.91 Å². The van der Waals surface area contributed by atoms with Gasteiger partial charge in [0.1, 0.15) is 5.60 Å². The Morgan fingerprint density at radius 1 is 1.21 bits per heavy atom. The second-order valence-electron chi connectivity index (χ2n) is 7.64. The minimum atomic E-state index is -0.547. The second-order valence-corrected chi connectivity index (χ2v) is 8.72. The lowest BCUT2D eigenvalue weighted by Crippen LogP contribution is -2.39. The molecule has 0 fully saturated rings. The molecule has 2 heterocycles. The van der Waals surface area contributed by atoms with E-state index < -0.39 is 5.60 Å². The molecule has 1 aliphatic rings. The number of anilines is 1. The number of amides is 3. The highest BCUT2D eigenvalue weighted by Crippen LogP contribution is 2.29. The molecular formula is C20H24N4O4S. The first-order valence-corrected chi connectivity index (χ1v) is 10.1. The number of carbonyl (C=O) groups is 3. The zero-order chi connectivity index (χ0) is 21.0. The predicted octanol–water partition coefficient (Wildman–Crippen LogP) is 2.80. The van der Waals surface area contributed by atoms with Crippen LogP contribution >= 0.6 is 11.3 Å². The molecule has 0 unspecified atom stereocenters. The van der Waals surface area contributed by atoms with Crippen LogP contribution in [-0.4, -0.2) is 46.5 Å². The first kappa shape index (κ1) is 20.8. The zero-order valence-corrected chi connectivity index (χ0v) is 17.5. The van der Waals surface area contributed by atoms with Crippen molar-refractivity contribution < 1.29 is 19.1 Å². The summed E-state index contributed by atoms with van der Waals surface area (Å²) in [5, 5.41) is 5.75. The monoisotopic (exact) mass is 416 g/mol. The first-order chi connectivity index (χ1) is 13.7. The number of benzene rings is 1. The average Bonchev–Trinajstić information content (AvgIpc) is 3.06. The van der Waals surface area contributed by atoms with E-state index in [2.05, 4.69) is 15.6 Å². The Bertz CT molecular complexity index is 905. The lowest BCUT2D eigenvalue weighted by molar-refractivity contribution is -0.115. The average molecular weight is 417 g/mol. The van der Waals surface area contributed by atoms with Crippen LogP contribution in [0.3, 0.4) is 0 Å². The lowest BCUT2D eigenvalue weighted by Gasteiger charge is -2.29. The maximum atomic E-state index is 12.3. The highest BCUT2D eigenvalue weighted by atomic mass is 32.1. The van der Waals surface area contributed by atoms with E-state index >= 15 is 0 Å². The Kier molecular flexibility index (Phi) is 6.17. The fourth-order valence-corrected chi connectivity index (χ4v) is 3.79. The molecule has 1 aromatic carbocycles. The molecule has 3 amide bonds. The Morgan fingerprint density at radius 2 is 1.93 bits per heavy atom. The third-order valence-electron chi connectivity index (χ3n) is 4.07. The van der Waals surface area contributed by atoms with E-state index in [1.165, 1.54) is 11.3 Å². The van der Waals surface area contributed by atoms with Gasteiger partial charge in [-0.3, -0.25) is 9.59 Å². The molecule has 154 valence electrons. The zero-order valence-electron chi connectivity index (χ0n) is 16.7. The number of thiazole rings is 1. The highest BCUT2D eigenvalue weighted by molar-refractivity contribution is 7.15. The SMILES string of the molecule is CC(C)(C)OC(=O)N1CCc2nc(NC(=O)CNC(=O)c3ccccc3)sc2C1. The van der Waals surface area contributed by atoms with E-state index in [0.717, 1.165) is 10.6 Å². The number of carbonyl (C=O) groups excluding carboxylic acids is 3. The normalized spacial score (nSPS) is 13.4. The summed E-state index contributed by atoms with van der Waals surface area (Å²) in [4.78, 5) is 43.4. The molecule has 2 N–H and O–H groups in total. The molecule has 0 spiro atoms. The van der Waals surface area contributed by atoms with Crippen molar-refractivity contribution in [1.29, 1.82) is 0 Å². The van der Waals surface area contributed by atoms with Gasteiger partial charge in [0.25, 0.3) is 5.91 Å². The summed E-state index contributed by atoms with van der Waals surface area (Å²) in [6, 6.07) is 8.69. The van der Waals surface area contributed by atoms with Gasteiger partial charge in [-0.25, -0.2) is 9.78 Å². The third kappa shape index (κ3) is 5.77. The maximum absolute atomic E-state index is 12.3. The van der Waals surface area contributed by atoms with E-state index in [1.807, 2.05) is 26.8 Å². The van der Waals surface area contributed by atoms with Gasteiger partial charge in [-0.2, -0.15) is 0 Å². The third-order valence-corrected chi connectivity index (χ3v) is 5.07. The summed E-state index contributed by atoms with van der Waals surface area (Å²) in [6.45, 7) is 6.27. The molecule has 0 bridgehead atoms. The van der Waals surface area contributed by atoms with Crippen molar-refractivity contribution in [3.05, 3.63) is 46.5 Å². The van der Waals surface area contributed by atoms with Gasteiger partial charge >= 0.3 is 6.09 Å². The summed E-state index contributed by atoms with van der Waals surface area (Å²) in [5.74, 6) is -0.670. The number of aromatic nitrogens is 1.